The Balaban J connectivity index is 1.57. The van der Waals surface area contributed by atoms with Gasteiger partial charge in [0, 0.05) is 23.0 Å². The summed E-state index contributed by atoms with van der Waals surface area (Å²) in [4.78, 5) is 17.3. The molecule has 1 fully saturated rings. The van der Waals surface area contributed by atoms with E-state index in [0.29, 0.717) is 41.3 Å². The molecule has 1 amide bonds. The van der Waals surface area contributed by atoms with Gasteiger partial charge in [-0.2, -0.15) is 26.3 Å². The maximum atomic E-state index is 13.2. The van der Waals surface area contributed by atoms with Crippen molar-refractivity contribution >= 4 is 34.2 Å². The molecule has 1 saturated carbocycles. The van der Waals surface area contributed by atoms with Crippen molar-refractivity contribution < 1.29 is 31.1 Å². The van der Waals surface area contributed by atoms with Gasteiger partial charge in [-0.15, -0.1) is 0 Å². The molecule has 35 heavy (non-hydrogen) atoms. The van der Waals surface area contributed by atoms with E-state index in [0.717, 1.165) is 18.2 Å². The number of carbonyl (C=O) groups is 1. The number of benzene rings is 2. The Labute approximate surface area is 201 Å². The van der Waals surface area contributed by atoms with E-state index >= 15 is 0 Å². The summed E-state index contributed by atoms with van der Waals surface area (Å²) in [5, 5.41) is 7.07. The maximum absolute atomic E-state index is 13.2. The minimum absolute atomic E-state index is 0.00309. The Hall–Kier alpha value is -3.01. The lowest BCUT2D eigenvalue weighted by atomic mass is 9.90. The number of amides is 1. The van der Waals surface area contributed by atoms with Gasteiger partial charge in [0.05, 0.1) is 21.7 Å². The van der Waals surface area contributed by atoms with Gasteiger partial charge in [0.1, 0.15) is 5.82 Å². The number of carbonyl (C=O) groups excluding carboxylic acids is 1. The van der Waals surface area contributed by atoms with Crippen molar-refractivity contribution in [2.24, 2.45) is 0 Å². The van der Waals surface area contributed by atoms with Gasteiger partial charge < -0.3 is 10.6 Å². The summed E-state index contributed by atoms with van der Waals surface area (Å²) in [6, 6.07) is 8.87. The third-order valence-corrected chi connectivity index (χ3v) is 6.24. The van der Waals surface area contributed by atoms with Crippen LogP contribution in [0.1, 0.15) is 47.2 Å². The van der Waals surface area contributed by atoms with E-state index in [1.54, 1.807) is 12.1 Å². The number of hydrogen-bond acceptors (Lipinski definition) is 3. The van der Waals surface area contributed by atoms with Gasteiger partial charge in [-0.1, -0.05) is 42.6 Å². The Morgan fingerprint density at radius 1 is 0.886 bits per heavy atom. The molecule has 3 aromatic rings. The second-order valence-electron chi connectivity index (χ2n) is 8.42. The summed E-state index contributed by atoms with van der Waals surface area (Å²) >= 11 is 6.35. The number of para-hydroxylation sites is 1. The highest BCUT2D eigenvalue weighted by atomic mass is 35.5. The molecule has 186 valence electrons. The highest BCUT2D eigenvalue weighted by molar-refractivity contribution is 6.35. The van der Waals surface area contributed by atoms with Gasteiger partial charge in [0.2, 0.25) is 0 Å². The fraction of sp³-hybridized carbons (Fsp3) is 0.333. The highest BCUT2D eigenvalue weighted by Crippen LogP contribution is 2.36. The van der Waals surface area contributed by atoms with Gasteiger partial charge in [0.25, 0.3) is 5.91 Å². The number of anilines is 1. The summed E-state index contributed by atoms with van der Waals surface area (Å²) in [6.07, 6.45) is -7.39. The first-order chi connectivity index (χ1) is 16.4. The number of nitrogens with zero attached hydrogens (tertiary/aromatic N) is 1. The van der Waals surface area contributed by atoms with Crippen molar-refractivity contribution in [3.8, 4) is 0 Å². The Morgan fingerprint density at radius 2 is 1.49 bits per heavy atom. The summed E-state index contributed by atoms with van der Waals surface area (Å²) in [5.41, 5.74) is -3.12. The van der Waals surface area contributed by atoms with Crippen LogP contribution >= 0.6 is 11.6 Å². The summed E-state index contributed by atoms with van der Waals surface area (Å²) < 4.78 is 79.1. The van der Waals surface area contributed by atoms with Crippen LogP contribution in [0.3, 0.4) is 0 Å². The lowest BCUT2D eigenvalue weighted by molar-refractivity contribution is -0.143. The lowest BCUT2D eigenvalue weighted by Gasteiger charge is -2.33. The molecule has 4 rings (SSSR count). The number of aromatic nitrogens is 1. The molecule has 1 aliphatic rings. The number of nitrogens with one attached hydrogen (secondary N) is 2. The third kappa shape index (κ3) is 5.80. The van der Waals surface area contributed by atoms with Crippen molar-refractivity contribution in [2.45, 2.75) is 50.1 Å². The molecule has 11 heteroatoms. The summed E-state index contributed by atoms with van der Waals surface area (Å²) in [5.74, 6) is -0.553. The number of fused-ring (bicyclic) bond motifs is 1. The zero-order valence-corrected chi connectivity index (χ0v) is 18.9. The minimum Gasteiger partial charge on any atom is -0.365 e. The SMILES string of the molecule is O=C(N[C@H]1CCCC[C@@H]1Nc1cc(Cl)c2ccccc2n1)c1cc(C(F)(F)F)cc(C(F)(F)F)c1. The molecule has 1 heterocycles. The first kappa shape index (κ1) is 25.1. The largest absolute Gasteiger partial charge is 0.416 e. The van der Waals surface area contributed by atoms with Crippen molar-refractivity contribution in [1.82, 2.24) is 10.3 Å². The number of pyridine rings is 1. The Bertz CT molecular complexity index is 1210. The van der Waals surface area contributed by atoms with E-state index in [2.05, 4.69) is 15.6 Å². The van der Waals surface area contributed by atoms with E-state index in [1.165, 1.54) is 0 Å². The van der Waals surface area contributed by atoms with Crippen LogP contribution in [0, 0.1) is 0 Å². The van der Waals surface area contributed by atoms with Gasteiger partial charge in [-0.25, -0.2) is 4.98 Å². The number of alkyl halides is 6. The smallest absolute Gasteiger partial charge is 0.365 e. The van der Waals surface area contributed by atoms with E-state index in [-0.39, 0.29) is 12.1 Å². The van der Waals surface area contributed by atoms with Crippen LogP contribution in [-0.2, 0) is 12.4 Å². The quantitative estimate of drug-likeness (QED) is 0.365. The molecular formula is C24H20ClF6N3O. The van der Waals surface area contributed by atoms with Gasteiger partial charge >= 0.3 is 12.4 Å². The van der Waals surface area contributed by atoms with Crippen LogP contribution in [-0.4, -0.2) is 23.0 Å². The molecule has 0 spiro atoms. The zero-order valence-electron chi connectivity index (χ0n) is 18.1. The van der Waals surface area contributed by atoms with Crippen LogP contribution in [0.2, 0.25) is 5.02 Å². The molecule has 1 aliphatic carbocycles. The Kier molecular flexibility index (Phi) is 6.86. The predicted octanol–water partition coefficient (Wildman–Crippen LogP) is 7.08. The molecule has 2 aromatic carbocycles. The molecule has 1 aromatic heterocycles. The highest BCUT2D eigenvalue weighted by Gasteiger charge is 2.38. The number of hydrogen-bond donors (Lipinski definition) is 2. The van der Waals surface area contributed by atoms with Crippen LogP contribution in [0.15, 0.2) is 48.5 Å². The minimum atomic E-state index is -5.04. The first-order valence-corrected chi connectivity index (χ1v) is 11.2. The molecule has 0 bridgehead atoms. The summed E-state index contributed by atoms with van der Waals surface area (Å²) in [7, 11) is 0. The van der Waals surface area contributed by atoms with Crippen LogP contribution in [0.4, 0.5) is 32.2 Å². The first-order valence-electron chi connectivity index (χ1n) is 10.8. The van der Waals surface area contributed by atoms with Gasteiger partial charge in [-0.3, -0.25) is 4.79 Å². The van der Waals surface area contributed by atoms with Crippen LogP contribution in [0.5, 0.6) is 0 Å². The van der Waals surface area contributed by atoms with Gasteiger partial charge in [0.15, 0.2) is 0 Å². The molecule has 0 unspecified atom stereocenters. The molecule has 2 atom stereocenters. The molecular weight excluding hydrogens is 496 g/mol. The molecule has 4 nitrogen and oxygen atoms in total. The molecule has 0 radical (unpaired) electrons. The Morgan fingerprint density at radius 3 is 2.11 bits per heavy atom. The molecule has 0 aliphatic heterocycles. The predicted molar refractivity (Wildman–Crippen MR) is 120 cm³/mol. The number of halogens is 7. The van der Waals surface area contributed by atoms with E-state index < -0.39 is 41.0 Å². The monoisotopic (exact) mass is 515 g/mol. The second-order valence-corrected chi connectivity index (χ2v) is 8.82. The lowest BCUT2D eigenvalue weighted by Crippen LogP contribution is -2.48. The van der Waals surface area contributed by atoms with Crippen molar-refractivity contribution in [1.29, 1.82) is 0 Å². The van der Waals surface area contributed by atoms with E-state index in [4.69, 9.17) is 11.6 Å². The van der Waals surface area contributed by atoms with Gasteiger partial charge in [-0.05, 0) is 43.2 Å². The standard InChI is InChI=1S/C24H20ClF6N3O/c25-17-12-21(32-18-6-2-1-5-16(17)18)33-19-7-3-4-8-20(19)34-22(35)13-9-14(23(26,27)28)11-15(10-13)24(29,30)31/h1-2,5-6,9-12,19-20H,3-4,7-8H2,(H,32,33)(H,34,35)/t19-,20-/m0/s1. The second kappa shape index (κ2) is 9.56. The van der Waals surface area contributed by atoms with Crippen molar-refractivity contribution in [3.63, 3.8) is 0 Å². The van der Waals surface area contributed by atoms with Crippen LogP contribution < -0.4 is 10.6 Å². The summed E-state index contributed by atoms with van der Waals surface area (Å²) in [6.45, 7) is 0. The fourth-order valence-corrected chi connectivity index (χ4v) is 4.47. The zero-order chi connectivity index (χ0) is 25.4. The maximum Gasteiger partial charge on any atom is 0.416 e. The van der Waals surface area contributed by atoms with Crippen molar-refractivity contribution in [2.75, 3.05) is 5.32 Å². The van der Waals surface area contributed by atoms with E-state index in [1.807, 2.05) is 18.2 Å². The topological polar surface area (TPSA) is 54.0 Å². The average molecular weight is 516 g/mol. The molecule has 2 N–H and O–H groups in total. The number of rotatable bonds is 4. The van der Waals surface area contributed by atoms with E-state index in [9.17, 15) is 31.1 Å². The third-order valence-electron chi connectivity index (χ3n) is 5.93. The normalized spacial score (nSPS) is 18.9. The van der Waals surface area contributed by atoms with Crippen molar-refractivity contribution in [3.05, 3.63) is 70.2 Å². The van der Waals surface area contributed by atoms with Crippen LogP contribution in [0.25, 0.3) is 10.9 Å². The average Bonchev–Trinajstić information content (AvgIpc) is 2.79. The molecule has 0 saturated heterocycles. The fourth-order valence-electron chi connectivity index (χ4n) is 4.21.